The van der Waals surface area contributed by atoms with E-state index in [-0.39, 0.29) is 17.3 Å². The Morgan fingerprint density at radius 3 is 2.68 bits per heavy atom. The molecule has 0 saturated carbocycles. The average Bonchev–Trinajstić information content (AvgIpc) is 3.00. The number of nitrogens with two attached hydrogens (primary N) is 1. The third-order valence-electron chi connectivity index (χ3n) is 2.54. The van der Waals surface area contributed by atoms with E-state index in [1.807, 2.05) is 0 Å². The molecule has 6 nitrogen and oxygen atoms in total. The SMILES string of the molecule is Nc1nonc1-c1nocc1-c1ccc(F)c(Br)c1. The highest BCUT2D eigenvalue weighted by Crippen LogP contribution is 2.33. The minimum atomic E-state index is -0.357. The van der Waals surface area contributed by atoms with Crippen molar-refractivity contribution in [2.24, 2.45) is 0 Å². The number of hydrogen-bond acceptors (Lipinski definition) is 6. The summed E-state index contributed by atoms with van der Waals surface area (Å²) >= 11 is 3.12. The predicted octanol–water partition coefficient (Wildman–Crippen LogP) is 2.88. The number of aromatic nitrogens is 3. The van der Waals surface area contributed by atoms with Crippen molar-refractivity contribution in [1.82, 2.24) is 15.5 Å². The van der Waals surface area contributed by atoms with Crippen molar-refractivity contribution >= 4 is 21.7 Å². The lowest BCUT2D eigenvalue weighted by atomic mass is 10.1. The Hall–Kier alpha value is -2.22. The van der Waals surface area contributed by atoms with E-state index in [0.29, 0.717) is 21.3 Å². The number of nitrogens with zero attached hydrogens (tertiary/aromatic N) is 3. The quantitative estimate of drug-likeness (QED) is 0.779. The molecule has 0 saturated heterocycles. The first kappa shape index (κ1) is 11.8. The van der Waals surface area contributed by atoms with Gasteiger partial charge in [-0.1, -0.05) is 11.2 Å². The van der Waals surface area contributed by atoms with Gasteiger partial charge in [-0.25, -0.2) is 9.02 Å². The molecule has 2 N–H and O–H groups in total. The Morgan fingerprint density at radius 1 is 1.16 bits per heavy atom. The third-order valence-corrected chi connectivity index (χ3v) is 3.15. The molecule has 0 spiro atoms. The van der Waals surface area contributed by atoms with Gasteiger partial charge in [0.05, 0.1) is 10.0 Å². The van der Waals surface area contributed by atoms with E-state index in [0.717, 1.165) is 0 Å². The monoisotopic (exact) mass is 324 g/mol. The summed E-state index contributed by atoms with van der Waals surface area (Å²) in [4.78, 5) is 0. The summed E-state index contributed by atoms with van der Waals surface area (Å²) in [6, 6.07) is 4.54. The standard InChI is InChI=1S/C11H6BrFN4O2/c12-7-3-5(1-2-8(7)13)6-4-18-15-9(6)10-11(14)17-19-16-10/h1-4H,(H2,14,17). The van der Waals surface area contributed by atoms with E-state index in [1.165, 1.54) is 12.3 Å². The van der Waals surface area contributed by atoms with Crippen LogP contribution in [0.3, 0.4) is 0 Å². The molecular weight excluding hydrogens is 319 g/mol. The maximum absolute atomic E-state index is 13.2. The van der Waals surface area contributed by atoms with E-state index in [9.17, 15) is 4.39 Å². The molecule has 0 unspecified atom stereocenters. The van der Waals surface area contributed by atoms with Crippen LogP contribution >= 0.6 is 15.9 Å². The molecule has 0 bridgehead atoms. The predicted molar refractivity (Wildman–Crippen MR) is 67.3 cm³/mol. The van der Waals surface area contributed by atoms with Crippen LogP contribution in [-0.4, -0.2) is 15.5 Å². The molecule has 2 aromatic heterocycles. The summed E-state index contributed by atoms with van der Waals surface area (Å²) < 4.78 is 23.0. The van der Waals surface area contributed by atoms with Crippen LogP contribution in [0.25, 0.3) is 22.5 Å². The lowest BCUT2D eigenvalue weighted by Gasteiger charge is -2.01. The van der Waals surface area contributed by atoms with Gasteiger partial charge in [-0.3, -0.25) is 0 Å². The largest absolute Gasteiger partial charge is 0.379 e. The van der Waals surface area contributed by atoms with Crippen molar-refractivity contribution in [3.8, 4) is 22.5 Å². The molecular formula is C11H6BrFN4O2. The van der Waals surface area contributed by atoms with E-state index in [1.54, 1.807) is 12.1 Å². The van der Waals surface area contributed by atoms with Crippen LogP contribution in [0.2, 0.25) is 0 Å². The lowest BCUT2D eigenvalue weighted by molar-refractivity contribution is 0.310. The van der Waals surface area contributed by atoms with Crippen molar-refractivity contribution in [2.75, 3.05) is 5.73 Å². The Morgan fingerprint density at radius 2 is 2.00 bits per heavy atom. The third kappa shape index (κ3) is 1.99. The second kappa shape index (κ2) is 4.47. The molecule has 1 aromatic carbocycles. The van der Waals surface area contributed by atoms with Crippen molar-refractivity contribution in [2.45, 2.75) is 0 Å². The molecule has 0 radical (unpaired) electrons. The molecule has 0 fully saturated rings. The van der Waals surface area contributed by atoms with Crippen LogP contribution < -0.4 is 5.73 Å². The molecule has 0 amide bonds. The molecule has 0 aliphatic carbocycles. The van der Waals surface area contributed by atoms with Gasteiger partial charge in [-0.05, 0) is 43.9 Å². The number of benzene rings is 1. The fourth-order valence-corrected chi connectivity index (χ4v) is 2.01. The molecule has 0 atom stereocenters. The first-order valence-electron chi connectivity index (χ1n) is 5.15. The number of rotatable bonds is 2. The highest BCUT2D eigenvalue weighted by atomic mass is 79.9. The van der Waals surface area contributed by atoms with Crippen LogP contribution in [-0.2, 0) is 0 Å². The minimum Gasteiger partial charge on any atom is -0.379 e. The second-order valence-corrected chi connectivity index (χ2v) is 4.56. The second-order valence-electron chi connectivity index (χ2n) is 3.70. The molecule has 19 heavy (non-hydrogen) atoms. The van der Waals surface area contributed by atoms with Crippen molar-refractivity contribution in [3.63, 3.8) is 0 Å². The molecule has 3 rings (SSSR count). The maximum Gasteiger partial charge on any atom is 0.198 e. The summed E-state index contributed by atoms with van der Waals surface area (Å²) in [5, 5.41) is 11.0. The molecule has 0 aliphatic rings. The molecule has 96 valence electrons. The summed E-state index contributed by atoms with van der Waals surface area (Å²) in [5.74, 6) is -0.249. The van der Waals surface area contributed by atoms with Gasteiger partial charge in [0.25, 0.3) is 0 Å². The Bertz CT molecular complexity index is 740. The molecule has 0 aliphatic heterocycles. The molecule has 3 aromatic rings. The average molecular weight is 325 g/mol. The smallest absolute Gasteiger partial charge is 0.198 e. The van der Waals surface area contributed by atoms with Crippen molar-refractivity contribution in [1.29, 1.82) is 0 Å². The van der Waals surface area contributed by atoms with Crippen LogP contribution in [0, 0.1) is 5.82 Å². The Balaban J connectivity index is 2.14. The lowest BCUT2D eigenvalue weighted by Crippen LogP contribution is -1.90. The van der Waals surface area contributed by atoms with Crippen LogP contribution in [0.1, 0.15) is 0 Å². The van der Waals surface area contributed by atoms with Crippen LogP contribution in [0.4, 0.5) is 10.2 Å². The van der Waals surface area contributed by atoms with E-state index in [4.69, 9.17) is 10.3 Å². The van der Waals surface area contributed by atoms with Crippen molar-refractivity contribution in [3.05, 3.63) is 34.8 Å². The zero-order chi connectivity index (χ0) is 13.4. The zero-order valence-electron chi connectivity index (χ0n) is 9.30. The summed E-state index contributed by atoms with van der Waals surface area (Å²) in [7, 11) is 0. The fourth-order valence-electron chi connectivity index (χ4n) is 1.64. The number of halogens is 2. The highest BCUT2D eigenvalue weighted by molar-refractivity contribution is 9.10. The Labute approximate surface area is 114 Å². The van der Waals surface area contributed by atoms with Gasteiger partial charge in [0.1, 0.15) is 17.8 Å². The zero-order valence-corrected chi connectivity index (χ0v) is 10.9. The number of hydrogen-bond donors (Lipinski definition) is 1. The van der Waals surface area contributed by atoms with Gasteiger partial charge in [0, 0.05) is 0 Å². The first-order valence-corrected chi connectivity index (χ1v) is 5.94. The van der Waals surface area contributed by atoms with E-state index >= 15 is 0 Å². The summed E-state index contributed by atoms with van der Waals surface area (Å²) in [6.07, 6.45) is 1.42. The first-order chi connectivity index (χ1) is 9.16. The Kier molecular flexibility index (Phi) is 2.79. The number of nitrogen functional groups attached to an aromatic ring is 1. The van der Waals surface area contributed by atoms with Gasteiger partial charge in [0.15, 0.2) is 11.5 Å². The fraction of sp³-hybridized carbons (Fsp3) is 0. The van der Waals surface area contributed by atoms with Crippen LogP contribution in [0.15, 0.2) is 38.1 Å². The van der Waals surface area contributed by atoms with Gasteiger partial charge in [-0.2, -0.15) is 0 Å². The van der Waals surface area contributed by atoms with Crippen molar-refractivity contribution < 1.29 is 13.5 Å². The maximum atomic E-state index is 13.2. The van der Waals surface area contributed by atoms with Gasteiger partial charge in [0.2, 0.25) is 0 Å². The van der Waals surface area contributed by atoms with E-state index < -0.39 is 0 Å². The van der Waals surface area contributed by atoms with Gasteiger partial charge >= 0.3 is 0 Å². The van der Waals surface area contributed by atoms with Gasteiger partial charge < -0.3 is 10.3 Å². The molecule has 2 heterocycles. The molecule has 8 heteroatoms. The highest BCUT2D eigenvalue weighted by Gasteiger charge is 2.19. The topological polar surface area (TPSA) is 91.0 Å². The summed E-state index contributed by atoms with van der Waals surface area (Å²) in [6.45, 7) is 0. The van der Waals surface area contributed by atoms with E-state index in [2.05, 4.69) is 36.0 Å². The van der Waals surface area contributed by atoms with Crippen LogP contribution in [0.5, 0.6) is 0 Å². The number of anilines is 1. The summed E-state index contributed by atoms with van der Waals surface area (Å²) in [5.41, 5.74) is 7.60. The minimum absolute atomic E-state index is 0.108. The van der Waals surface area contributed by atoms with Gasteiger partial charge in [-0.15, -0.1) is 0 Å². The normalized spacial score (nSPS) is 10.8.